The van der Waals surface area contributed by atoms with Gasteiger partial charge in [-0.25, -0.2) is 5.43 Å². The van der Waals surface area contributed by atoms with Gasteiger partial charge in [0, 0.05) is 23.5 Å². The molecule has 0 saturated carbocycles. The molecular weight excluding hydrogens is 296 g/mol. The molecule has 0 bridgehead atoms. The monoisotopic (exact) mass is 313 g/mol. The first-order valence-electron chi connectivity index (χ1n) is 7.16. The van der Waals surface area contributed by atoms with Crippen LogP contribution in [0.25, 0.3) is 0 Å². The smallest absolute Gasteiger partial charge is 0.271 e. The Kier molecular flexibility index (Phi) is 5.30. The molecule has 6 heteroatoms. The fourth-order valence-corrected chi connectivity index (χ4v) is 2.10. The molecule has 0 saturated heterocycles. The van der Waals surface area contributed by atoms with Gasteiger partial charge >= 0.3 is 0 Å². The Balaban J connectivity index is 2.06. The molecule has 23 heavy (non-hydrogen) atoms. The zero-order chi connectivity index (χ0) is 16.8. The van der Waals surface area contributed by atoms with Gasteiger partial charge in [-0.15, -0.1) is 0 Å². The number of nitrogens with zero attached hydrogens (tertiary/aromatic N) is 1. The molecule has 1 aromatic carbocycles. The summed E-state index contributed by atoms with van der Waals surface area (Å²) in [4.78, 5) is 22.4. The van der Waals surface area contributed by atoms with Crippen LogP contribution < -0.4 is 10.5 Å². The number of carbonyl (C=O) groups is 2. The lowest BCUT2D eigenvalue weighted by Crippen LogP contribution is -2.22. The van der Waals surface area contributed by atoms with Gasteiger partial charge in [0.2, 0.25) is 0 Å². The highest BCUT2D eigenvalue weighted by molar-refractivity contribution is 6.01. The van der Waals surface area contributed by atoms with E-state index in [1.165, 1.54) is 0 Å². The van der Waals surface area contributed by atoms with Crippen molar-refractivity contribution in [2.75, 3.05) is 0 Å². The lowest BCUT2D eigenvalue weighted by molar-refractivity contribution is -0.305. The van der Waals surface area contributed by atoms with Crippen LogP contribution >= 0.6 is 0 Å². The summed E-state index contributed by atoms with van der Waals surface area (Å²) in [7, 11) is 0. The first-order valence-corrected chi connectivity index (χ1v) is 7.16. The molecule has 120 valence electrons. The maximum Gasteiger partial charge on any atom is 0.271 e. The molecule has 0 aliphatic carbocycles. The number of hydrogen-bond acceptors (Lipinski definition) is 5. The number of carboxylic acids is 1. The maximum atomic E-state index is 11.9. The molecule has 0 aliphatic rings. The van der Waals surface area contributed by atoms with Crippen LogP contribution in [0.5, 0.6) is 0 Å². The largest absolute Gasteiger partial charge is 0.550 e. The Labute approximate surface area is 133 Å². The summed E-state index contributed by atoms with van der Waals surface area (Å²) in [5.74, 6) is -0.261. The van der Waals surface area contributed by atoms with E-state index in [1.54, 1.807) is 44.2 Å². The van der Waals surface area contributed by atoms with E-state index in [2.05, 4.69) is 10.5 Å². The van der Waals surface area contributed by atoms with E-state index in [9.17, 15) is 14.7 Å². The highest BCUT2D eigenvalue weighted by Crippen LogP contribution is 2.17. The topological polar surface area (TPSA) is 94.7 Å². The number of furan rings is 1. The Morgan fingerprint density at radius 3 is 2.61 bits per heavy atom. The average molecular weight is 313 g/mol. The normalized spacial score (nSPS) is 11.3. The minimum atomic E-state index is -1.12. The SMILES string of the molecule is C/C(=N/NC(=O)c1ccccc1)c1cc(CCC(=O)[O-])oc1C. The summed E-state index contributed by atoms with van der Waals surface area (Å²) in [6.45, 7) is 3.50. The van der Waals surface area contributed by atoms with Gasteiger partial charge in [0.25, 0.3) is 5.91 Å². The van der Waals surface area contributed by atoms with Crippen LogP contribution in [0.1, 0.15) is 40.8 Å². The number of benzene rings is 1. The number of rotatable bonds is 6. The Morgan fingerprint density at radius 1 is 1.26 bits per heavy atom. The fraction of sp³-hybridized carbons (Fsp3) is 0.235. The van der Waals surface area contributed by atoms with E-state index < -0.39 is 5.97 Å². The molecule has 1 aromatic heterocycles. The van der Waals surface area contributed by atoms with Gasteiger partial charge in [0.1, 0.15) is 11.5 Å². The molecule has 2 rings (SSSR count). The molecule has 1 amide bonds. The van der Waals surface area contributed by atoms with Crippen LogP contribution in [0.2, 0.25) is 0 Å². The van der Waals surface area contributed by atoms with Crippen molar-refractivity contribution in [2.24, 2.45) is 5.10 Å². The molecule has 2 aromatic rings. The van der Waals surface area contributed by atoms with Crippen molar-refractivity contribution in [3.8, 4) is 0 Å². The zero-order valence-electron chi connectivity index (χ0n) is 13.0. The Hall–Kier alpha value is -2.89. The molecule has 0 atom stereocenters. The van der Waals surface area contributed by atoms with Crippen LogP contribution in [0.4, 0.5) is 0 Å². The van der Waals surface area contributed by atoms with Crippen LogP contribution in [0, 0.1) is 6.92 Å². The van der Waals surface area contributed by atoms with Gasteiger partial charge in [-0.2, -0.15) is 5.10 Å². The zero-order valence-corrected chi connectivity index (χ0v) is 13.0. The Morgan fingerprint density at radius 2 is 1.96 bits per heavy atom. The predicted molar refractivity (Wildman–Crippen MR) is 82.9 cm³/mol. The summed E-state index contributed by atoms with van der Waals surface area (Å²) in [6.07, 6.45) is 0.153. The molecule has 0 aliphatic heterocycles. The Bertz CT molecular complexity index is 732. The number of hydrogen-bond donors (Lipinski definition) is 1. The van der Waals surface area contributed by atoms with E-state index in [1.807, 2.05) is 6.07 Å². The van der Waals surface area contributed by atoms with Gasteiger partial charge < -0.3 is 14.3 Å². The van der Waals surface area contributed by atoms with Crippen LogP contribution in [-0.4, -0.2) is 17.6 Å². The first-order chi connectivity index (χ1) is 11.0. The highest BCUT2D eigenvalue weighted by Gasteiger charge is 2.11. The second-order valence-corrected chi connectivity index (χ2v) is 5.06. The minimum absolute atomic E-state index is 0.104. The molecule has 6 nitrogen and oxygen atoms in total. The molecule has 1 N–H and O–H groups in total. The van der Waals surface area contributed by atoms with Crippen LogP contribution in [0.3, 0.4) is 0 Å². The fourth-order valence-electron chi connectivity index (χ4n) is 2.10. The number of carboxylic acid groups (broad SMARTS) is 1. The van der Waals surface area contributed by atoms with Gasteiger partial charge in [-0.3, -0.25) is 4.79 Å². The number of aryl methyl sites for hydroxylation is 2. The van der Waals surface area contributed by atoms with Gasteiger partial charge in [-0.05, 0) is 38.5 Å². The van der Waals surface area contributed by atoms with Crippen LogP contribution in [0.15, 0.2) is 45.9 Å². The molecule has 0 fully saturated rings. The number of nitrogens with one attached hydrogen (secondary N) is 1. The minimum Gasteiger partial charge on any atom is -0.550 e. The second-order valence-electron chi connectivity index (χ2n) is 5.06. The molecule has 1 heterocycles. The van der Waals surface area contributed by atoms with Crippen molar-refractivity contribution < 1.29 is 19.1 Å². The van der Waals surface area contributed by atoms with E-state index in [0.717, 1.165) is 5.56 Å². The number of amides is 1. The average Bonchev–Trinajstić information content (AvgIpc) is 2.92. The van der Waals surface area contributed by atoms with Crippen molar-refractivity contribution in [3.05, 3.63) is 59.0 Å². The summed E-state index contributed by atoms with van der Waals surface area (Å²) in [5.41, 5.74) is 4.31. The van der Waals surface area contributed by atoms with E-state index in [0.29, 0.717) is 22.8 Å². The molecular formula is C17H17N2O4-. The van der Waals surface area contributed by atoms with E-state index in [4.69, 9.17) is 4.42 Å². The summed E-state index contributed by atoms with van der Waals surface area (Å²) >= 11 is 0. The predicted octanol–water partition coefficient (Wildman–Crippen LogP) is 1.42. The standard InChI is InChI=1S/C17H18N2O4/c1-11(18-19-17(22)13-6-4-3-5-7-13)15-10-14(23-12(15)2)8-9-16(20)21/h3-7,10H,8-9H2,1-2H3,(H,19,22)(H,20,21)/p-1/b18-11-. The summed E-state index contributed by atoms with van der Waals surface area (Å²) < 4.78 is 5.49. The summed E-state index contributed by atoms with van der Waals surface area (Å²) in [6, 6.07) is 10.5. The van der Waals surface area contributed by atoms with Crippen LogP contribution in [-0.2, 0) is 11.2 Å². The summed E-state index contributed by atoms with van der Waals surface area (Å²) in [5, 5.41) is 14.6. The van der Waals surface area contributed by atoms with Crippen molar-refractivity contribution in [1.82, 2.24) is 5.43 Å². The lowest BCUT2D eigenvalue weighted by atomic mass is 10.1. The number of aliphatic carboxylic acids is 1. The lowest BCUT2D eigenvalue weighted by Gasteiger charge is -2.01. The highest BCUT2D eigenvalue weighted by atomic mass is 16.4. The first kappa shape index (κ1) is 16.5. The maximum absolute atomic E-state index is 11.9. The third-order valence-corrected chi connectivity index (χ3v) is 3.30. The van der Waals surface area contributed by atoms with Gasteiger partial charge in [-0.1, -0.05) is 18.2 Å². The van der Waals surface area contributed by atoms with E-state index >= 15 is 0 Å². The number of hydrazone groups is 1. The molecule has 0 radical (unpaired) electrons. The van der Waals surface area contributed by atoms with Gasteiger partial charge in [0.05, 0.1) is 5.71 Å². The third-order valence-electron chi connectivity index (χ3n) is 3.30. The second kappa shape index (κ2) is 7.40. The van der Waals surface area contributed by atoms with E-state index in [-0.39, 0.29) is 18.7 Å². The van der Waals surface area contributed by atoms with Crippen molar-refractivity contribution in [2.45, 2.75) is 26.7 Å². The number of carbonyl (C=O) groups excluding carboxylic acids is 2. The van der Waals surface area contributed by atoms with Crippen molar-refractivity contribution in [1.29, 1.82) is 0 Å². The van der Waals surface area contributed by atoms with Crippen molar-refractivity contribution in [3.63, 3.8) is 0 Å². The van der Waals surface area contributed by atoms with Gasteiger partial charge in [0.15, 0.2) is 0 Å². The quantitative estimate of drug-likeness (QED) is 0.644. The van der Waals surface area contributed by atoms with Crippen molar-refractivity contribution >= 4 is 17.6 Å². The third kappa shape index (κ3) is 4.54. The molecule has 0 unspecified atom stereocenters. The molecule has 0 spiro atoms.